The second kappa shape index (κ2) is 6.73. The number of piperidine rings is 1. The van der Waals surface area contributed by atoms with Crippen molar-refractivity contribution in [2.24, 2.45) is 0 Å². The lowest BCUT2D eigenvalue weighted by atomic mass is 9.99. The van der Waals surface area contributed by atoms with Crippen LogP contribution in [-0.2, 0) is 4.79 Å². The normalized spacial score (nSPS) is 18.2. The van der Waals surface area contributed by atoms with Gasteiger partial charge in [0.1, 0.15) is 0 Å². The first-order valence-corrected chi connectivity index (χ1v) is 7.66. The highest BCUT2D eigenvalue weighted by molar-refractivity contribution is 9.10. The largest absolute Gasteiger partial charge is 0.481 e. The lowest BCUT2D eigenvalue weighted by Gasteiger charge is -2.34. The van der Waals surface area contributed by atoms with Crippen molar-refractivity contribution in [3.63, 3.8) is 0 Å². The molecule has 1 fully saturated rings. The van der Waals surface area contributed by atoms with E-state index in [-0.39, 0.29) is 12.5 Å². The molecule has 0 bridgehead atoms. The van der Waals surface area contributed by atoms with Gasteiger partial charge in [-0.2, -0.15) is 0 Å². The molecule has 0 saturated carbocycles. The van der Waals surface area contributed by atoms with Gasteiger partial charge in [0.25, 0.3) is 0 Å². The summed E-state index contributed by atoms with van der Waals surface area (Å²) in [5.41, 5.74) is 0.903. The van der Waals surface area contributed by atoms with E-state index in [0.29, 0.717) is 5.02 Å². The number of halogens is 2. The molecule has 0 amide bonds. The fourth-order valence-electron chi connectivity index (χ4n) is 2.60. The van der Waals surface area contributed by atoms with E-state index in [0.717, 1.165) is 36.0 Å². The van der Waals surface area contributed by atoms with Crippen molar-refractivity contribution >= 4 is 33.5 Å². The van der Waals surface area contributed by atoms with Crippen LogP contribution in [0.4, 0.5) is 0 Å². The third kappa shape index (κ3) is 3.94. The zero-order valence-electron chi connectivity index (χ0n) is 10.6. The maximum absolute atomic E-state index is 11.1. The van der Waals surface area contributed by atoms with Gasteiger partial charge < -0.3 is 5.11 Å². The zero-order valence-corrected chi connectivity index (χ0v) is 13.0. The van der Waals surface area contributed by atoms with Crippen molar-refractivity contribution in [1.29, 1.82) is 0 Å². The quantitative estimate of drug-likeness (QED) is 0.892. The number of rotatable bonds is 4. The average molecular weight is 347 g/mol. The molecular formula is C14H17BrClNO2. The maximum atomic E-state index is 11.1. The molecule has 1 heterocycles. The van der Waals surface area contributed by atoms with Gasteiger partial charge in [-0.15, -0.1) is 0 Å². The molecule has 19 heavy (non-hydrogen) atoms. The highest BCUT2D eigenvalue weighted by Gasteiger charge is 2.26. The molecule has 0 spiro atoms. The fraction of sp³-hybridized carbons (Fsp3) is 0.500. The Balaban J connectivity index is 2.29. The van der Waals surface area contributed by atoms with Crippen molar-refractivity contribution in [2.75, 3.05) is 13.1 Å². The second-order valence-electron chi connectivity index (χ2n) is 4.88. The highest BCUT2D eigenvalue weighted by Crippen LogP contribution is 2.34. The lowest BCUT2D eigenvalue weighted by molar-refractivity contribution is -0.138. The molecule has 104 valence electrons. The molecule has 1 aliphatic rings. The molecule has 1 atom stereocenters. The van der Waals surface area contributed by atoms with E-state index in [4.69, 9.17) is 16.7 Å². The van der Waals surface area contributed by atoms with Crippen molar-refractivity contribution in [3.8, 4) is 0 Å². The highest BCUT2D eigenvalue weighted by atomic mass is 79.9. The minimum atomic E-state index is -0.786. The van der Waals surface area contributed by atoms with Gasteiger partial charge in [-0.3, -0.25) is 9.69 Å². The number of hydrogen-bond acceptors (Lipinski definition) is 2. The summed E-state index contributed by atoms with van der Waals surface area (Å²) in [5, 5.41) is 9.79. The van der Waals surface area contributed by atoms with E-state index in [2.05, 4.69) is 20.8 Å². The average Bonchev–Trinajstić information content (AvgIpc) is 2.40. The third-order valence-corrected chi connectivity index (χ3v) is 4.35. The standard InChI is InChI=1S/C14H17BrClNO2/c15-10-4-5-12(16)11(8-10)13(9-14(18)19)17-6-2-1-3-7-17/h4-5,8,13H,1-3,6-7,9H2,(H,18,19). The Bertz CT molecular complexity index is 461. The van der Waals surface area contributed by atoms with Gasteiger partial charge in [0, 0.05) is 15.5 Å². The van der Waals surface area contributed by atoms with Crippen LogP contribution in [0.2, 0.25) is 5.02 Å². The Morgan fingerprint density at radius 1 is 1.37 bits per heavy atom. The molecule has 3 nitrogen and oxygen atoms in total. The first-order valence-electron chi connectivity index (χ1n) is 6.48. The molecule has 1 aromatic carbocycles. The molecule has 0 radical (unpaired) electrons. The van der Waals surface area contributed by atoms with Crippen LogP contribution in [0.1, 0.15) is 37.3 Å². The lowest BCUT2D eigenvalue weighted by Crippen LogP contribution is -2.35. The number of carbonyl (C=O) groups is 1. The van der Waals surface area contributed by atoms with E-state index in [9.17, 15) is 4.79 Å². The van der Waals surface area contributed by atoms with E-state index in [1.54, 1.807) is 0 Å². The van der Waals surface area contributed by atoms with Crippen LogP contribution in [0.15, 0.2) is 22.7 Å². The van der Waals surface area contributed by atoms with Gasteiger partial charge in [0.2, 0.25) is 0 Å². The van der Waals surface area contributed by atoms with Gasteiger partial charge in [-0.1, -0.05) is 34.0 Å². The summed E-state index contributed by atoms with van der Waals surface area (Å²) in [4.78, 5) is 13.4. The molecule has 1 aromatic rings. The zero-order chi connectivity index (χ0) is 13.8. The van der Waals surface area contributed by atoms with Crippen LogP contribution < -0.4 is 0 Å². The summed E-state index contributed by atoms with van der Waals surface area (Å²) in [6.07, 6.45) is 3.57. The minimum Gasteiger partial charge on any atom is -0.481 e. The molecule has 1 aliphatic heterocycles. The first kappa shape index (κ1) is 14.8. The topological polar surface area (TPSA) is 40.5 Å². The molecule has 1 unspecified atom stereocenters. The van der Waals surface area contributed by atoms with Crippen molar-refractivity contribution in [1.82, 2.24) is 4.90 Å². The minimum absolute atomic E-state index is 0.0934. The van der Waals surface area contributed by atoms with Crippen LogP contribution in [0.3, 0.4) is 0 Å². The van der Waals surface area contributed by atoms with Crippen molar-refractivity contribution < 1.29 is 9.90 Å². The Morgan fingerprint density at radius 3 is 2.68 bits per heavy atom. The molecule has 5 heteroatoms. The molecule has 1 N–H and O–H groups in total. The number of hydrogen-bond donors (Lipinski definition) is 1. The van der Waals surface area contributed by atoms with Crippen molar-refractivity contribution in [3.05, 3.63) is 33.3 Å². The second-order valence-corrected chi connectivity index (χ2v) is 6.20. The summed E-state index contributed by atoms with van der Waals surface area (Å²) in [7, 11) is 0. The predicted octanol–water partition coefficient (Wildman–Crippen LogP) is 4.10. The van der Waals surface area contributed by atoms with Gasteiger partial charge in [-0.25, -0.2) is 0 Å². The molecule has 0 aliphatic carbocycles. The Morgan fingerprint density at radius 2 is 2.05 bits per heavy atom. The van der Waals surface area contributed by atoms with Crippen LogP contribution in [0.5, 0.6) is 0 Å². The first-order chi connectivity index (χ1) is 9.08. The van der Waals surface area contributed by atoms with Crippen LogP contribution in [0.25, 0.3) is 0 Å². The third-order valence-electron chi connectivity index (χ3n) is 3.52. The van der Waals surface area contributed by atoms with Crippen LogP contribution in [0, 0.1) is 0 Å². The summed E-state index contributed by atoms with van der Waals surface area (Å²) in [6.45, 7) is 1.89. The van der Waals surface area contributed by atoms with E-state index >= 15 is 0 Å². The molecule has 0 aromatic heterocycles. The molecule has 2 rings (SSSR count). The SMILES string of the molecule is O=C(O)CC(c1cc(Br)ccc1Cl)N1CCCCC1. The van der Waals surface area contributed by atoms with E-state index in [1.807, 2.05) is 18.2 Å². The van der Waals surface area contributed by atoms with E-state index in [1.165, 1.54) is 6.42 Å². The number of benzene rings is 1. The Labute approximate surface area is 126 Å². The number of carboxylic acids is 1. The van der Waals surface area contributed by atoms with Crippen LogP contribution in [-0.4, -0.2) is 29.1 Å². The summed E-state index contributed by atoms with van der Waals surface area (Å²) >= 11 is 9.68. The monoisotopic (exact) mass is 345 g/mol. The van der Waals surface area contributed by atoms with Gasteiger partial charge in [0.15, 0.2) is 0 Å². The predicted molar refractivity (Wildman–Crippen MR) is 79.6 cm³/mol. The molecule has 1 saturated heterocycles. The van der Waals surface area contributed by atoms with Crippen molar-refractivity contribution in [2.45, 2.75) is 31.7 Å². The molecular weight excluding hydrogens is 330 g/mol. The van der Waals surface area contributed by atoms with Gasteiger partial charge in [-0.05, 0) is 49.7 Å². The summed E-state index contributed by atoms with van der Waals surface area (Å²) < 4.78 is 0.930. The van der Waals surface area contributed by atoms with Gasteiger partial charge >= 0.3 is 5.97 Å². The number of nitrogens with zero attached hydrogens (tertiary/aromatic N) is 1. The van der Waals surface area contributed by atoms with E-state index < -0.39 is 5.97 Å². The Kier molecular flexibility index (Phi) is 5.25. The van der Waals surface area contributed by atoms with Gasteiger partial charge in [0.05, 0.1) is 6.42 Å². The fourth-order valence-corrected chi connectivity index (χ4v) is 3.22. The number of likely N-dealkylation sites (tertiary alicyclic amines) is 1. The number of aliphatic carboxylic acids is 1. The van der Waals surface area contributed by atoms with Crippen LogP contribution >= 0.6 is 27.5 Å². The summed E-state index contributed by atoms with van der Waals surface area (Å²) in [5.74, 6) is -0.786. The number of carboxylic acid groups (broad SMARTS) is 1. The Hall–Kier alpha value is -0.580. The maximum Gasteiger partial charge on any atom is 0.305 e. The smallest absolute Gasteiger partial charge is 0.305 e. The summed E-state index contributed by atoms with van der Waals surface area (Å²) in [6, 6.07) is 5.49.